The zero-order valence-corrected chi connectivity index (χ0v) is 21.4. The molecular weight excluding hydrogens is 516 g/mol. The maximum absolute atomic E-state index is 13.7. The van der Waals surface area contributed by atoms with Gasteiger partial charge in [-0.1, -0.05) is 24.3 Å². The fourth-order valence-corrected chi connectivity index (χ4v) is 4.86. The van der Waals surface area contributed by atoms with Gasteiger partial charge in [0.1, 0.15) is 11.8 Å². The first-order valence-electron chi connectivity index (χ1n) is 12.5. The average Bonchev–Trinajstić information content (AvgIpc) is 3.49. The predicted molar refractivity (Wildman–Crippen MR) is 145 cm³/mol. The van der Waals surface area contributed by atoms with Crippen LogP contribution in [0.25, 0.3) is 10.9 Å². The van der Waals surface area contributed by atoms with Crippen molar-refractivity contribution < 1.29 is 28.8 Å². The van der Waals surface area contributed by atoms with Gasteiger partial charge >= 0.3 is 5.97 Å². The molecule has 1 unspecified atom stereocenters. The van der Waals surface area contributed by atoms with Gasteiger partial charge in [-0.05, 0) is 48.4 Å². The first-order chi connectivity index (χ1) is 19.2. The van der Waals surface area contributed by atoms with E-state index in [1.54, 1.807) is 0 Å². The Morgan fingerprint density at radius 2 is 1.82 bits per heavy atom. The van der Waals surface area contributed by atoms with E-state index in [1.165, 1.54) is 54.3 Å². The number of amides is 3. The molecule has 0 bridgehead atoms. The molecule has 1 N–H and O–H groups in total. The number of carbonyl (C=O) groups excluding carboxylic acids is 4. The molecule has 202 valence electrons. The number of hydrogen-bond acceptors (Lipinski definition) is 7. The van der Waals surface area contributed by atoms with E-state index in [0.29, 0.717) is 6.42 Å². The minimum absolute atomic E-state index is 0.0394. The quantitative estimate of drug-likeness (QED) is 0.117. The van der Waals surface area contributed by atoms with E-state index < -0.39 is 34.7 Å². The third-order valence-corrected chi connectivity index (χ3v) is 6.72. The van der Waals surface area contributed by atoms with E-state index in [1.807, 2.05) is 30.5 Å². The normalized spacial score (nSPS) is 14.9. The Bertz CT molecular complexity index is 1640. The molecule has 11 heteroatoms. The van der Waals surface area contributed by atoms with Gasteiger partial charge in [0.15, 0.2) is 0 Å². The van der Waals surface area contributed by atoms with E-state index in [2.05, 4.69) is 4.98 Å². The minimum atomic E-state index is -1.11. The highest BCUT2D eigenvalue weighted by atomic mass is 16.6. The molecule has 1 saturated heterocycles. The molecule has 2 heterocycles. The Balaban J connectivity index is 1.45. The second-order valence-electron chi connectivity index (χ2n) is 9.29. The number of aromatic nitrogens is 1. The van der Waals surface area contributed by atoms with Crippen molar-refractivity contribution in [3.05, 3.63) is 100 Å². The molecule has 4 aromatic rings. The van der Waals surface area contributed by atoms with E-state index in [9.17, 15) is 29.3 Å². The molecule has 40 heavy (non-hydrogen) atoms. The summed E-state index contributed by atoms with van der Waals surface area (Å²) in [7, 11) is 0. The molecule has 5 rings (SSSR count). The molecule has 0 saturated carbocycles. The zero-order valence-electron chi connectivity index (χ0n) is 21.4. The Morgan fingerprint density at radius 1 is 1.07 bits per heavy atom. The number of esters is 1. The number of aromatic amines is 1. The van der Waals surface area contributed by atoms with Crippen LogP contribution in [0.5, 0.6) is 5.75 Å². The number of carbonyl (C=O) groups is 4. The summed E-state index contributed by atoms with van der Waals surface area (Å²) in [5, 5.41) is 12.3. The molecule has 0 radical (unpaired) electrons. The van der Waals surface area contributed by atoms with Crippen LogP contribution in [0.15, 0.2) is 79.0 Å². The predicted octanol–water partition coefficient (Wildman–Crippen LogP) is 4.02. The molecule has 11 nitrogen and oxygen atoms in total. The maximum Gasteiger partial charge on any atom is 0.308 e. The molecule has 1 atom stereocenters. The summed E-state index contributed by atoms with van der Waals surface area (Å²) in [4.78, 5) is 67.9. The van der Waals surface area contributed by atoms with E-state index in [-0.39, 0.29) is 35.7 Å². The third kappa shape index (κ3) is 5.17. The fourth-order valence-electron chi connectivity index (χ4n) is 4.86. The summed E-state index contributed by atoms with van der Waals surface area (Å²) >= 11 is 0. The number of rotatable bonds is 8. The van der Waals surface area contributed by atoms with Crippen LogP contribution in [0.1, 0.15) is 29.3 Å². The van der Waals surface area contributed by atoms with Gasteiger partial charge in [-0.2, -0.15) is 0 Å². The largest absolute Gasteiger partial charge is 0.427 e. The number of para-hydroxylation sites is 1. The van der Waals surface area contributed by atoms with Gasteiger partial charge < -0.3 is 14.6 Å². The number of benzene rings is 3. The van der Waals surface area contributed by atoms with Gasteiger partial charge in [-0.25, -0.2) is 4.90 Å². The van der Waals surface area contributed by atoms with Crippen LogP contribution >= 0.6 is 0 Å². The molecule has 1 aliphatic heterocycles. The van der Waals surface area contributed by atoms with Crippen LogP contribution in [0.4, 0.5) is 11.4 Å². The van der Waals surface area contributed by atoms with E-state index in [4.69, 9.17) is 4.74 Å². The van der Waals surface area contributed by atoms with Crippen molar-refractivity contribution in [2.75, 3.05) is 11.4 Å². The van der Waals surface area contributed by atoms with Gasteiger partial charge in [0.2, 0.25) is 5.91 Å². The Hall–Kier alpha value is -5.32. The van der Waals surface area contributed by atoms with Crippen LogP contribution in [0, 0.1) is 10.1 Å². The molecule has 3 amide bonds. The summed E-state index contributed by atoms with van der Waals surface area (Å²) in [6.45, 7) is 1.35. The lowest BCUT2D eigenvalue weighted by Crippen LogP contribution is -2.46. The van der Waals surface area contributed by atoms with E-state index >= 15 is 0 Å². The molecule has 0 aliphatic carbocycles. The maximum atomic E-state index is 13.7. The van der Waals surface area contributed by atoms with Gasteiger partial charge in [-0.15, -0.1) is 0 Å². The van der Waals surface area contributed by atoms with Crippen molar-refractivity contribution in [1.29, 1.82) is 0 Å². The molecule has 1 aromatic heterocycles. The first-order valence-corrected chi connectivity index (χ1v) is 12.5. The Morgan fingerprint density at radius 3 is 2.55 bits per heavy atom. The first kappa shape index (κ1) is 26.3. The van der Waals surface area contributed by atoms with E-state index in [0.717, 1.165) is 27.4 Å². The van der Waals surface area contributed by atoms with Gasteiger partial charge in [0.05, 0.1) is 17.0 Å². The number of nitrogens with one attached hydrogen (secondary N) is 1. The number of non-ortho nitro benzene ring substituents is 1. The van der Waals surface area contributed by atoms with Crippen molar-refractivity contribution in [3.8, 4) is 5.75 Å². The van der Waals surface area contributed by atoms with Crippen LogP contribution in [-0.4, -0.2) is 51.1 Å². The number of hydrogen-bond donors (Lipinski definition) is 1. The number of H-pyrrole nitrogens is 1. The Labute approximate surface area is 228 Å². The van der Waals surface area contributed by atoms with Crippen molar-refractivity contribution in [3.63, 3.8) is 0 Å². The zero-order chi connectivity index (χ0) is 28.4. The van der Waals surface area contributed by atoms with Crippen LogP contribution in [0.2, 0.25) is 0 Å². The SMILES string of the molecule is CC(=O)Oc1ccc(N2C(=O)CC(N(CCc3c[nH]c4ccccc34)C(=O)c3cccc([N+](=O)[O-])c3)C2=O)cc1. The van der Waals surface area contributed by atoms with Crippen molar-refractivity contribution in [2.24, 2.45) is 0 Å². The number of nitrogens with zero attached hydrogens (tertiary/aromatic N) is 3. The second-order valence-corrected chi connectivity index (χ2v) is 9.29. The summed E-state index contributed by atoms with van der Waals surface area (Å²) < 4.78 is 5.02. The van der Waals surface area contributed by atoms with Crippen LogP contribution in [-0.2, 0) is 20.8 Å². The van der Waals surface area contributed by atoms with Crippen LogP contribution in [0.3, 0.4) is 0 Å². The average molecular weight is 541 g/mol. The summed E-state index contributed by atoms with van der Waals surface area (Å²) in [5.74, 6) is -1.94. The molecular formula is C29H24N4O7. The standard InChI is InChI=1S/C29H24N4O7/c1-18(34)40-23-11-9-21(10-12-23)32-27(35)16-26(29(32)37)31(28(36)19-5-4-6-22(15-19)33(38)39)14-13-20-17-30-25-8-3-2-7-24(20)25/h2-12,15,17,26,30H,13-14,16H2,1H3. The number of ether oxygens (including phenoxy) is 1. The molecule has 1 aliphatic rings. The molecule has 1 fully saturated rings. The number of fused-ring (bicyclic) bond motifs is 1. The number of imide groups is 1. The van der Waals surface area contributed by atoms with Crippen molar-refractivity contribution >= 4 is 46.0 Å². The highest BCUT2D eigenvalue weighted by Crippen LogP contribution is 2.29. The number of anilines is 1. The molecule has 3 aromatic carbocycles. The summed E-state index contributed by atoms with van der Waals surface area (Å²) in [6, 6.07) is 17.7. The number of nitro groups is 1. The second kappa shape index (κ2) is 10.8. The van der Waals surface area contributed by atoms with Gasteiger partial charge in [0.25, 0.3) is 17.5 Å². The van der Waals surface area contributed by atoms with Crippen molar-refractivity contribution in [2.45, 2.75) is 25.8 Å². The number of nitro benzene ring substituents is 1. The highest BCUT2D eigenvalue weighted by Gasteiger charge is 2.44. The van der Waals surface area contributed by atoms with Crippen LogP contribution < -0.4 is 9.64 Å². The van der Waals surface area contributed by atoms with Gasteiger partial charge in [-0.3, -0.25) is 29.3 Å². The lowest BCUT2D eigenvalue weighted by Gasteiger charge is -2.28. The fraction of sp³-hybridized carbons (Fsp3) is 0.172. The minimum Gasteiger partial charge on any atom is -0.427 e. The topological polar surface area (TPSA) is 143 Å². The summed E-state index contributed by atoms with van der Waals surface area (Å²) in [5.41, 5.74) is 1.89. The lowest BCUT2D eigenvalue weighted by molar-refractivity contribution is -0.384. The van der Waals surface area contributed by atoms with Crippen molar-refractivity contribution in [1.82, 2.24) is 9.88 Å². The summed E-state index contributed by atoms with van der Waals surface area (Å²) in [6.07, 6.45) is 1.96. The van der Waals surface area contributed by atoms with Gasteiger partial charge in [0, 0.05) is 48.3 Å². The highest BCUT2D eigenvalue weighted by molar-refractivity contribution is 6.23. The lowest BCUT2D eigenvalue weighted by atomic mass is 10.1. The molecule has 0 spiro atoms. The smallest absolute Gasteiger partial charge is 0.308 e. The third-order valence-electron chi connectivity index (χ3n) is 6.72. The Kier molecular flexibility index (Phi) is 7.11. The monoisotopic (exact) mass is 540 g/mol.